The number of hydrogen-bond acceptors (Lipinski definition) is 16. The molecule has 2 bridgehead atoms. The van der Waals surface area contributed by atoms with E-state index in [1.807, 2.05) is 24.3 Å². The van der Waals surface area contributed by atoms with Crippen LogP contribution in [0.2, 0.25) is 0 Å². The van der Waals surface area contributed by atoms with Gasteiger partial charge in [0.1, 0.15) is 65.2 Å². The highest BCUT2D eigenvalue weighted by Gasteiger charge is 2.49. The molecule has 0 radical (unpaired) electrons. The minimum Gasteiger partial charge on any atom is -0.508 e. The van der Waals surface area contributed by atoms with Crippen LogP contribution in [-0.4, -0.2) is 179 Å². The van der Waals surface area contributed by atoms with E-state index < -0.39 is 144 Å². The topological polar surface area (TPSA) is 440 Å². The highest BCUT2D eigenvalue weighted by atomic mass is 32.2. The van der Waals surface area contributed by atoms with Gasteiger partial charge >= 0.3 is 5.97 Å². The fourth-order valence-electron chi connectivity index (χ4n) is 12.1. The van der Waals surface area contributed by atoms with Crippen LogP contribution in [-0.2, 0) is 89.9 Å². The number of carboxylic acids is 1. The fourth-order valence-corrected chi connectivity index (χ4v) is 14.0. The van der Waals surface area contributed by atoms with Crippen molar-refractivity contribution in [2.45, 2.75) is 137 Å². The summed E-state index contributed by atoms with van der Waals surface area (Å²) < 4.78 is 29.8. The number of carboxylic acid groups (broad SMARTS) is 1. The van der Waals surface area contributed by atoms with Gasteiger partial charge in [0, 0.05) is 108 Å². The lowest BCUT2D eigenvalue weighted by atomic mass is 9.95. The van der Waals surface area contributed by atoms with E-state index in [9.17, 15) is 52.6 Å². The van der Waals surface area contributed by atoms with Gasteiger partial charge in [-0.25, -0.2) is 13.8 Å². The van der Waals surface area contributed by atoms with E-state index >= 15 is 19.2 Å². The summed E-state index contributed by atoms with van der Waals surface area (Å²) in [6, 6.07) is 9.97. The molecule has 1 saturated heterocycles. The summed E-state index contributed by atoms with van der Waals surface area (Å²) in [7, 11) is 0. The maximum absolute atomic E-state index is 15.2. The first-order chi connectivity index (χ1) is 48.4. The number of hydrogen-bond donors (Lipinski definition) is 15. The number of nitrogens with zero attached hydrogens (tertiary/aromatic N) is 2. The van der Waals surface area contributed by atoms with Crippen LogP contribution >= 0.6 is 23.5 Å². The van der Waals surface area contributed by atoms with Crippen molar-refractivity contribution < 1.29 is 71.7 Å². The van der Waals surface area contributed by atoms with Crippen LogP contribution in [0.4, 0.5) is 8.78 Å². The maximum atomic E-state index is 15.2. The number of halogens is 2. The van der Waals surface area contributed by atoms with Gasteiger partial charge in [-0.05, 0) is 122 Å². The Labute approximate surface area is 587 Å². The highest BCUT2D eigenvalue weighted by molar-refractivity contribution is 7.98. The van der Waals surface area contributed by atoms with E-state index in [-0.39, 0.29) is 73.2 Å². The van der Waals surface area contributed by atoms with E-state index in [1.165, 1.54) is 115 Å². The van der Waals surface area contributed by atoms with E-state index in [2.05, 4.69) is 62.5 Å². The normalized spacial score (nSPS) is 22.7. The molecule has 28 nitrogen and oxygen atoms in total. The minimum atomic E-state index is -2.05. The zero-order valence-corrected chi connectivity index (χ0v) is 56.8. The van der Waals surface area contributed by atoms with Crippen LogP contribution in [0.5, 0.6) is 5.75 Å². The summed E-state index contributed by atoms with van der Waals surface area (Å²) in [6.07, 6.45) is 4.44. The number of benzene rings is 4. The van der Waals surface area contributed by atoms with Crippen LogP contribution in [0.1, 0.15) is 85.4 Å². The van der Waals surface area contributed by atoms with E-state index in [0.717, 1.165) is 17.2 Å². The summed E-state index contributed by atoms with van der Waals surface area (Å²) in [5, 5.41) is 42.1. The average molecular weight is 1430 g/mol. The van der Waals surface area contributed by atoms with Crippen LogP contribution < -0.4 is 54.0 Å². The Bertz CT molecular complexity index is 4160. The SMILES string of the molecule is C[C@@]12CCCN1C(=O)[C@H](Cc1ccc(O)cc1)NC(=O)[C@H](Cc1cnc[nH]1)NC(=O)[C@H](CC(=O)O)NC(=O)[C@H](Cc1c[nH]c3ccc(F)cc13)NC(=O)[C@H](Cc1c[nH]c3ccc(F)cc13)NC(=O)CNC(=O)[C@H](CCCCN)NC(=O)CCSCc1cccc(c1)CSC[C@@H](C(N)=O)NC2=O. The van der Waals surface area contributed by atoms with Crippen LogP contribution in [0.25, 0.3) is 21.8 Å². The number of rotatable bonds is 15. The Morgan fingerprint density at radius 3 is 1.84 bits per heavy atom. The number of amides is 10. The second kappa shape index (κ2) is 35.1. The molecule has 1 fully saturated rings. The van der Waals surface area contributed by atoms with Gasteiger partial charge in [-0.3, -0.25) is 52.7 Å². The molecular weight excluding hydrogens is 1350 g/mol. The van der Waals surface area contributed by atoms with Crippen LogP contribution in [0.15, 0.2) is 110 Å². The zero-order valence-electron chi connectivity index (χ0n) is 55.2. The molecule has 0 saturated carbocycles. The van der Waals surface area contributed by atoms with Gasteiger partial charge in [0.05, 0.1) is 19.3 Å². The number of nitrogens with two attached hydrogens (primary N) is 2. The van der Waals surface area contributed by atoms with E-state index in [0.29, 0.717) is 70.6 Å². The molecule has 2 aliphatic rings. The number of carbonyl (C=O) groups excluding carboxylic acids is 10. The number of phenolic OH excluding ortho intramolecular Hbond substituents is 1. The summed E-state index contributed by atoms with van der Waals surface area (Å²) in [6.45, 7) is 1.09. The number of thioether (sulfide) groups is 2. The Hall–Kier alpha value is -10.3. The third-order valence-electron chi connectivity index (χ3n) is 17.6. The van der Waals surface area contributed by atoms with Crippen molar-refractivity contribution in [2.75, 3.05) is 31.1 Å². The molecule has 3 aromatic heterocycles. The molecule has 536 valence electrons. The Kier molecular flexibility index (Phi) is 26.0. The van der Waals surface area contributed by atoms with Crippen molar-refractivity contribution in [3.63, 3.8) is 0 Å². The van der Waals surface area contributed by atoms with Gasteiger partial charge in [0.15, 0.2) is 0 Å². The largest absolute Gasteiger partial charge is 0.508 e. The van der Waals surface area contributed by atoms with Crippen LogP contribution in [0.3, 0.4) is 0 Å². The summed E-state index contributed by atoms with van der Waals surface area (Å²) >= 11 is 2.79. The summed E-state index contributed by atoms with van der Waals surface area (Å²) in [5.41, 5.74) is 14.0. The number of aromatic amines is 3. The second-order valence-electron chi connectivity index (χ2n) is 25.1. The molecule has 32 heteroatoms. The minimum absolute atomic E-state index is 0.00874. The van der Waals surface area contributed by atoms with Gasteiger partial charge in [0.2, 0.25) is 59.1 Å². The zero-order chi connectivity index (χ0) is 72.3. The predicted molar refractivity (Wildman–Crippen MR) is 372 cm³/mol. The number of H-pyrrole nitrogens is 3. The lowest BCUT2D eigenvalue weighted by molar-refractivity contribution is -0.147. The average Bonchev–Trinajstić information content (AvgIpc) is 1.70. The first-order valence-corrected chi connectivity index (χ1v) is 35.2. The van der Waals surface area contributed by atoms with Crippen LogP contribution in [0, 0.1) is 11.6 Å². The molecule has 0 aliphatic carbocycles. The Morgan fingerprint density at radius 1 is 0.653 bits per heavy atom. The van der Waals surface area contributed by atoms with Crippen molar-refractivity contribution >= 4 is 110 Å². The number of nitrogens with one attached hydrogen (secondary N) is 11. The monoisotopic (exact) mass is 1430 g/mol. The molecule has 101 heavy (non-hydrogen) atoms. The second-order valence-corrected chi connectivity index (χ2v) is 27.2. The molecule has 0 unspecified atom stereocenters. The number of aromatic hydroxyl groups is 1. The smallest absolute Gasteiger partial charge is 0.305 e. The first kappa shape index (κ1) is 74.9. The number of aromatic nitrogens is 4. The number of phenols is 1. The van der Waals surface area contributed by atoms with Gasteiger partial charge < -0.3 is 84.1 Å². The van der Waals surface area contributed by atoms with Crippen molar-refractivity contribution in [1.29, 1.82) is 0 Å². The lowest BCUT2D eigenvalue weighted by Crippen LogP contribution is -2.63. The van der Waals surface area contributed by atoms with E-state index in [1.54, 1.807) is 0 Å². The van der Waals surface area contributed by atoms with Gasteiger partial charge in [0.25, 0.3) is 0 Å². The molecule has 7 aromatic rings. The number of aliphatic carboxylic acids is 1. The van der Waals surface area contributed by atoms with E-state index in [4.69, 9.17) is 11.5 Å². The third kappa shape index (κ3) is 20.6. The number of primary amides is 1. The fraction of sp³-hybridized carbons (Fsp3) is 0.391. The quantitative estimate of drug-likeness (QED) is 0.0654. The molecule has 10 amide bonds. The molecule has 5 heterocycles. The van der Waals surface area contributed by atoms with Crippen molar-refractivity contribution in [3.05, 3.63) is 155 Å². The molecule has 17 N–H and O–H groups in total. The molecule has 0 spiro atoms. The predicted octanol–water partition coefficient (Wildman–Crippen LogP) is 2.18. The summed E-state index contributed by atoms with van der Waals surface area (Å²) in [5.74, 6) is -10.7. The number of imidazole rings is 1. The number of fused-ring (bicyclic) bond motifs is 5. The maximum Gasteiger partial charge on any atom is 0.305 e. The van der Waals surface area contributed by atoms with Gasteiger partial charge in [-0.1, -0.05) is 36.4 Å². The molecule has 2 aliphatic heterocycles. The third-order valence-corrected chi connectivity index (χ3v) is 19.7. The molecule has 8 atom stereocenters. The Morgan fingerprint density at radius 2 is 1.24 bits per heavy atom. The van der Waals surface area contributed by atoms with Crippen molar-refractivity contribution in [3.8, 4) is 5.75 Å². The van der Waals surface area contributed by atoms with Gasteiger partial charge in [-0.15, -0.1) is 0 Å². The molecule has 9 rings (SSSR count). The van der Waals surface area contributed by atoms with Crippen molar-refractivity contribution in [2.24, 2.45) is 11.5 Å². The standard InChI is InChI=1S/C69H81F2N15O13S2/c1-69-18-5-20-86(69)67(98)56(23-38-9-13-46(87)14-10-38)84-65(96)54(28-45-32-74-37-78-45)82-66(97)55(29-60(90)91)83-64(95)53(25-42-31-76-50-16-12-44(71)27-48(42)50)81-63(94)52(24-41-30-75-49-15-11-43(70)26-47(41)49)80-59(89)33-77-62(93)51(8-2-3-19-72)79-58(88)17-21-100-34-39-6-4-7-40(22-39)35-101-36-57(61(73)92)85-68(69)99/h4,6-7,9-16,22,26-27,30-32,37,51-57,75-76,87H,2-3,5,8,17-21,23-25,28-29,33-36,72H2,1H3,(H2,73,92)(H,74,78)(H,77,93)(H,79,88)(H,80,89)(H,81,94)(H,82,97)(H,83,95)(H,84,96)(H,85,99)(H,90,91)/t51-,52-,53-,54-,55-,56-,57-,69-/m0/s1. The highest BCUT2D eigenvalue weighted by Crippen LogP contribution is 2.32. The lowest BCUT2D eigenvalue weighted by Gasteiger charge is -2.37. The number of unbranched alkanes of at least 4 members (excludes halogenated alkanes) is 1. The van der Waals surface area contributed by atoms with Crippen molar-refractivity contribution in [1.82, 2.24) is 67.4 Å². The molecule has 4 aromatic carbocycles. The number of carbonyl (C=O) groups is 11. The first-order valence-electron chi connectivity index (χ1n) is 32.8. The summed E-state index contributed by atoms with van der Waals surface area (Å²) in [4.78, 5) is 171. The molecular formula is C69H81F2N15O13S2. The van der Waals surface area contributed by atoms with Gasteiger partial charge in [-0.2, -0.15) is 23.5 Å². The Balaban J connectivity index is 1.06.